The van der Waals surface area contributed by atoms with Gasteiger partial charge >= 0.3 is 12.2 Å². The second-order valence-corrected chi connectivity index (χ2v) is 19.3. The van der Waals surface area contributed by atoms with Crippen LogP contribution in [0.4, 0.5) is 14.0 Å². The van der Waals surface area contributed by atoms with E-state index in [0.717, 1.165) is 25.7 Å². The monoisotopic (exact) mass is 759 g/mol. The minimum Gasteiger partial charge on any atom is -0.444 e. The first kappa shape index (κ1) is 37.4. The van der Waals surface area contributed by atoms with Gasteiger partial charge in [0.15, 0.2) is 0 Å². The van der Waals surface area contributed by atoms with Crippen molar-refractivity contribution in [2.24, 2.45) is 17.8 Å². The van der Waals surface area contributed by atoms with E-state index in [1.54, 1.807) is 39.8 Å². The van der Waals surface area contributed by atoms with E-state index in [9.17, 15) is 36.8 Å². The summed E-state index contributed by atoms with van der Waals surface area (Å²) in [6.45, 7) is 6.66. The van der Waals surface area contributed by atoms with Gasteiger partial charge in [-0.3, -0.25) is 24.0 Å². The maximum atomic E-state index is 14.4. The van der Waals surface area contributed by atoms with Crippen LogP contribution >= 0.6 is 0 Å². The molecular weight excluding hydrogens is 709 g/mol. The van der Waals surface area contributed by atoms with E-state index in [0.29, 0.717) is 36.3 Å². The molecular formula is C37H50FN5O9S. The van der Waals surface area contributed by atoms with Crippen LogP contribution in [0.1, 0.15) is 103 Å². The van der Waals surface area contributed by atoms with Gasteiger partial charge in [-0.2, -0.15) is 0 Å². The third-order valence-corrected chi connectivity index (χ3v) is 14.1. The van der Waals surface area contributed by atoms with E-state index >= 15 is 0 Å². The zero-order valence-electron chi connectivity index (χ0n) is 30.7. The maximum absolute atomic E-state index is 14.4. The van der Waals surface area contributed by atoms with Gasteiger partial charge in [-0.15, -0.1) is 0 Å². The molecule has 3 N–H and O–H groups in total. The Hall–Kier alpha value is -3.95. The Bertz CT molecular complexity index is 1810. The fourth-order valence-electron chi connectivity index (χ4n) is 8.39. The fraction of sp³-hybridized carbons (Fsp3) is 0.703. The van der Waals surface area contributed by atoms with Crippen LogP contribution in [0, 0.1) is 23.6 Å². The summed E-state index contributed by atoms with van der Waals surface area (Å²) >= 11 is 0. The highest BCUT2D eigenvalue weighted by Crippen LogP contribution is 2.61. The van der Waals surface area contributed by atoms with Gasteiger partial charge in [-0.05, 0) is 89.2 Å². The number of carbonyl (C=O) groups is 5. The van der Waals surface area contributed by atoms with E-state index in [2.05, 4.69) is 15.4 Å². The highest BCUT2D eigenvalue weighted by Gasteiger charge is 2.69. The van der Waals surface area contributed by atoms with Crippen LogP contribution in [-0.2, 0) is 47.0 Å². The zero-order valence-corrected chi connectivity index (χ0v) is 31.6. The number of alkyl carbamates (subject to hydrolysis) is 1. The highest BCUT2D eigenvalue weighted by atomic mass is 32.2. The molecule has 7 rings (SSSR count). The van der Waals surface area contributed by atoms with Crippen molar-refractivity contribution in [3.8, 4) is 0 Å². The number of hydrogen-bond acceptors (Lipinski definition) is 9. The van der Waals surface area contributed by atoms with Gasteiger partial charge < -0.3 is 25.0 Å². The van der Waals surface area contributed by atoms with E-state index in [1.807, 2.05) is 0 Å². The van der Waals surface area contributed by atoms with Gasteiger partial charge in [0.25, 0.3) is 5.91 Å². The average Bonchev–Trinajstić information content (AvgIpc) is 4.02. The maximum Gasteiger partial charge on any atom is 0.410 e. The van der Waals surface area contributed by atoms with Gasteiger partial charge in [0.1, 0.15) is 35.1 Å². The third-order valence-electron chi connectivity index (χ3n) is 11.9. The lowest BCUT2D eigenvalue weighted by molar-refractivity contribution is -0.141. The topological polar surface area (TPSA) is 181 Å². The normalized spacial score (nSPS) is 32.0. The highest BCUT2D eigenvalue weighted by molar-refractivity contribution is 7.91. The molecule has 16 heteroatoms. The van der Waals surface area contributed by atoms with Crippen molar-refractivity contribution < 1.29 is 46.3 Å². The van der Waals surface area contributed by atoms with Crippen molar-refractivity contribution in [3.63, 3.8) is 0 Å². The van der Waals surface area contributed by atoms with Crippen LogP contribution in [0.25, 0.3) is 0 Å². The number of nitrogens with zero attached hydrogens (tertiary/aromatic N) is 2. The molecule has 0 bridgehead atoms. The fourth-order valence-corrected chi connectivity index (χ4v) is 9.70. The SMILES string of the molecule is CC(C)(C)OC(=O)N[C@H]1CCCCC[C@@H]2C[C@@H]2C2C[C@@]2(C(=O)NS(=O)(=O)C2(C)CC2)NC(=O)[C@@H]2C[C@@H](OC(=O)N3Cc4cccc(F)c4C3)CN2C1=O. The Morgan fingerprint density at radius 3 is 2.47 bits per heavy atom. The predicted octanol–water partition coefficient (Wildman–Crippen LogP) is 3.61. The molecule has 6 aliphatic rings. The third kappa shape index (κ3) is 7.57. The van der Waals surface area contributed by atoms with Crippen molar-refractivity contribution in [3.05, 3.63) is 35.1 Å². The number of rotatable bonds is 5. The van der Waals surface area contributed by atoms with Crippen LogP contribution in [0.15, 0.2) is 18.2 Å². The Morgan fingerprint density at radius 2 is 1.77 bits per heavy atom. The molecule has 14 nitrogen and oxygen atoms in total. The van der Waals surface area contributed by atoms with Crippen molar-refractivity contribution in [1.82, 2.24) is 25.2 Å². The molecule has 5 fully saturated rings. The van der Waals surface area contributed by atoms with Crippen LogP contribution in [0.3, 0.4) is 0 Å². The summed E-state index contributed by atoms with van der Waals surface area (Å²) in [6.07, 6.45) is 2.88. The van der Waals surface area contributed by atoms with Gasteiger partial charge in [-0.25, -0.2) is 22.4 Å². The molecule has 3 heterocycles. The molecule has 0 spiro atoms. The van der Waals surface area contributed by atoms with Crippen LogP contribution in [0.2, 0.25) is 0 Å². The molecule has 1 aromatic carbocycles. The minimum atomic E-state index is -4.00. The first-order chi connectivity index (χ1) is 24.9. The molecule has 3 aliphatic carbocycles. The van der Waals surface area contributed by atoms with Crippen LogP contribution in [-0.4, -0.2) is 88.7 Å². The largest absolute Gasteiger partial charge is 0.444 e. The van der Waals surface area contributed by atoms with Crippen molar-refractivity contribution in [2.75, 3.05) is 6.54 Å². The summed E-state index contributed by atoms with van der Waals surface area (Å²) in [5.41, 5.74) is -1.25. The van der Waals surface area contributed by atoms with Crippen LogP contribution in [0.5, 0.6) is 0 Å². The molecule has 0 radical (unpaired) electrons. The summed E-state index contributed by atoms with van der Waals surface area (Å²) in [5, 5.41) is 5.60. The second-order valence-electron chi connectivity index (χ2n) is 17.1. The lowest BCUT2D eigenvalue weighted by atomic mass is 10.0. The number of hydrogen-bond donors (Lipinski definition) is 3. The standard InChI is InChI=1S/C37H50FN5O9S/c1-35(2,3)52-33(47)39-28-12-7-5-6-9-21-15-24(21)26-17-37(26,32(46)41-53(49,50)36(4)13-14-36)40-30(44)29-16-23(19-43(29)31(28)45)51-34(48)42-18-22-10-8-11-27(38)25(22)20-42/h8,10-11,21,23-24,26,28-29H,5-7,9,12-20H2,1-4H3,(H,39,47)(H,40,44)(H,41,46)/t21-,23-,24+,26?,28+,29+,37-/m1/s1. The van der Waals surface area contributed by atoms with E-state index < -0.39 is 79.8 Å². The lowest BCUT2D eigenvalue weighted by Gasteiger charge is -2.30. The predicted molar refractivity (Wildman–Crippen MR) is 188 cm³/mol. The number of amides is 5. The Labute approximate surface area is 309 Å². The Balaban J connectivity index is 1.14. The molecule has 5 amide bonds. The van der Waals surface area contributed by atoms with Crippen molar-refractivity contribution in [2.45, 2.75) is 139 Å². The minimum absolute atomic E-state index is 0.00510. The number of halogens is 1. The summed E-state index contributed by atoms with van der Waals surface area (Å²) in [6, 6.07) is 2.36. The molecule has 290 valence electrons. The van der Waals surface area contributed by atoms with Crippen LogP contribution < -0.4 is 15.4 Å². The lowest BCUT2D eigenvalue weighted by Crippen LogP contribution is -2.59. The molecule has 1 aromatic rings. The molecule has 3 aliphatic heterocycles. The first-order valence-corrected chi connectivity index (χ1v) is 20.3. The molecule has 53 heavy (non-hydrogen) atoms. The van der Waals surface area contributed by atoms with E-state index in [-0.39, 0.29) is 50.7 Å². The summed E-state index contributed by atoms with van der Waals surface area (Å²) in [4.78, 5) is 71.6. The van der Waals surface area contributed by atoms with E-state index in [4.69, 9.17) is 9.47 Å². The quantitative estimate of drug-likeness (QED) is 0.404. The number of benzene rings is 1. The molecule has 2 saturated heterocycles. The smallest absolute Gasteiger partial charge is 0.410 e. The van der Waals surface area contributed by atoms with E-state index in [1.165, 1.54) is 15.9 Å². The summed E-state index contributed by atoms with van der Waals surface area (Å²) < 4.78 is 53.3. The summed E-state index contributed by atoms with van der Waals surface area (Å²) in [5.74, 6) is -2.23. The molecule has 0 aromatic heterocycles. The van der Waals surface area contributed by atoms with Gasteiger partial charge in [0.05, 0.1) is 17.8 Å². The van der Waals surface area contributed by atoms with Gasteiger partial charge in [0, 0.05) is 18.5 Å². The molecule has 1 unspecified atom stereocenters. The summed E-state index contributed by atoms with van der Waals surface area (Å²) in [7, 11) is -4.00. The second kappa shape index (κ2) is 13.4. The number of sulfonamides is 1. The number of fused-ring (bicyclic) bond motifs is 5. The Kier molecular flexibility index (Phi) is 9.46. The number of carbonyl (C=O) groups excluding carboxylic acids is 5. The molecule has 7 atom stereocenters. The average molecular weight is 760 g/mol. The number of nitrogens with one attached hydrogen (secondary N) is 3. The first-order valence-electron chi connectivity index (χ1n) is 18.8. The van der Waals surface area contributed by atoms with Gasteiger partial charge in [-0.1, -0.05) is 37.8 Å². The van der Waals surface area contributed by atoms with Gasteiger partial charge in [0.2, 0.25) is 21.8 Å². The van der Waals surface area contributed by atoms with Crippen molar-refractivity contribution >= 4 is 39.9 Å². The van der Waals surface area contributed by atoms with Crippen molar-refractivity contribution in [1.29, 1.82) is 0 Å². The number of ether oxygens (including phenoxy) is 2. The molecule has 3 saturated carbocycles. The zero-order chi connectivity index (χ0) is 38.1. The Morgan fingerprint density at radius 1 is 1.04 bits per heavy atom.